The fraction of sp³-hybridized carbons (Fsp3) is 0.556. The molecule has 3 aliphatic heterocycles. The molecule has 2 amide bonds. The van der Waals surface area contributed by atoms with Gasteiger partial charge in [0.05, 0.1) is 24.0 Å². The third kappa shape index (κ3) is 2.18. The van der Waals surface area contributed by atoms with Crippen molar-refractivity contribution in [3.8, 4) is 0 Å². The molecule has 2 bridgehead atoms. The van der Waals surface area contributed by atoms with Crippen molar-refractivity contribution in [3.63, 3.8) is 0 Å². The van der Waals surface area contributed by atoms with E-state index in [1.54, 1.807) is 4.90 Å². The summed E-state index contributed by atoms with van der Waals surface area (Å²) in [6.07, 6.45) is 6.13. The van der Waals surface area contributed by atoms with Gasteiger partial charge in [0.1, 0.15) is 0 Å². The lowest BCUT2D eigenvalue weighted by Crippen LogP contribution is -2.47. The first-order chi connectivity index (χ1) is 12.1. The molecule has 2 unspecified atom stereocenters. The Balaban J connectivity index is 1.48. The maximum Gasteiger partial charge on any atom is 0.242 e. The topological polar surface area (TPSA) is 70.8 Å². The van der Waals surface area contributed by atoms with E-state index in [1.165, 1.54) is 5.69 Å². The van der Waals surface area contributed by atoms with Crippen LogP contribution in [-0.2, 0) is 16.0 Å². The van der Waals surface area contributed by atoms with Gasteiger partial charge in [-0.3, -0.25) is 9.59 Å². The predicted molar refractivity (Wildman–Crippen MR) is 89.9 cm³/mol. The summed E-state index contributed by atoms with van der Waals surface area (Å²) in [5.74, 6) is 0.179. The molecule has 2 saturated heterocycles. The molecule has 7 nitrogen and oxygen atoms in total. The van der Waals surface area contributed by atoms with E-state index < -0.39 is 0 Å². The Kier molecular flexibility index (Phi) is 3.14. The fourth-order valence-corrected chi connectivity index (χ4v) is 4.70. The molecule has 0 spiro atoms. The largest absolute Gasteiger partial charge is 0.333 e. The number of rotatable bonds is 2. The van der Waals surface area contributed by atoms with Gasteiger partial charge < -0.3 is 9.80 Å². The number of fused-ring (bicyclic) bond motifs is 6. The van der Waals surface area contributed by atoms with Crippen molar-refractivity contribution >= 4 is 17.5 Å². The summed E-state index contributed by atoms with van der Waals surface area (Å²) in [7, 11) is 0. The summed E-state index contributed by atoms with van der Waals surface area (Å²) in [6.45, 7) is 2.90. The molecule has 2 aromatic rings. The van der Waals surface area contributed by atoms with Gasteiger partial charge in [0.2, 0.25) is 11.8 Å². The zero-order chi connectivity index (χ0) is 17.1. The molecule has 2 atom stereocenters. The van der Waals surface area contributed by atoms with Gasteiger partial charge in [0, 0.05) is 43.3 Å². The van der Waals surface area contributed by atoms with Crippen LogP contribution in [-0.4, -0.2) is 55.3 Å². The SMILES string of the molecule is Cc1cc2ncc3c(n2n1)CC1CCC3N1C(=O)CN1CCCC1=O. The van der Waals surface area contributed by atoms with Crippen LogP contribution in [0.3, 0.4) is 0 Å². The molecular weight excluding hydrogens is 318 g/mol. The molecule has 0 aromatic carbocycles. The van der Waals surface area contributed by atoms with Gasteiger partial charge in [-0.15, -0.1) is 0 Å². The van der Waals surface area contributed by atoms with Crippen molar-refractivity contribution in [3.05, 3.63) is 29.2 Å². The maximum atomic E-state index is 12.9. The van der Waals surface area contributed by atoms with Crippen molar-refractivity contribution in [1.29, 1.82) is 0 Å². The van der Waals surface area contributed by atoms with Gasteiger partial charge >= 0.3 is 0 Å². The van der Waals surface area contributed by atoms with Gasteiger partial charge in [-0.1, -0.05) is 0 Å². The van der Waals surface area contributed by atoms with Gasteiger partial charge in [0.15, 0.2) is 5.65 Å². The number of hydrogen-bond acceptors (Lipinski definition) is 4. The number of aryl methyl sites for hydroxylation is 1. The Hall–Kier alpha value is -2.44. The summed E-state index contributed by atoms with van der Waals surface area (Å²) in [6, 6.07) is 2.26. The zero-order valence-electron chi connectivity index (χ0n) is 14.3. The van der Waals surface area contributed by atoms with Crippen LogP contribution >= 0.6 is 0 Å². The molecular formula is C18H21N5O2. The highest BCUT2D eigenvalue weighted by atomic mass is 16.2. The minimum absolute atomic E-state index is 0.0698. The normalized spacial score (nSPS) is 25.1. The highest BCUT2D eigenvalue weighted by molar-refractivity contribution is 5.86. The lowest BCUT2D eigenvalue weighted by atomic mass is 9.99. The summed E-state index contributed by atoms with van der Waals surface area (Å²) in [5, 5.41) is 4.58. The van der Waals surface area contributed by atoms with E-state index in [1.807, 2.05) is 28.6 Å². The number of hydrogen-bond donors (Lipinski definition) is 0. The molecule has 25 heavy (non-hydrogen) atoms. The molecule has 130 valence electrons. The third-order valence-corrected chi connectivity index (χ3v) is 5.81. The van der Waals surface area contributed by atoms with Crippen molar-refractivity contribution in [2.45, 2.75) is 51.1 Å². The lowest BCUT2D eigenvalue weighted by molar-refractivity contribution is -0.140. The minimum atomic E-state index is 0.0698. The second-order valence-corrected chi connectivity index (χ2v) is 7.39. The first-order valence-electron chi connectivity index (χ1n) is 9.05. The Morgan fingerprint density at radius 1 is 1.36 bits per heavy atom. The minimum Gasteiger partial charge on any atom is -0.333 e. The van der Waals surface area contributed by atoms with Crippen molar-refractivity contribution in [2.24, 2.45) is 0 Å². The number of carbonyl (C=O) groups excluding carboxylic acids is 2. The monoisotopic (exact) mass is 339 g/mol. The number of nitrogens with zero attached hydrogens (tertiary/aromatic N) is 5. The molecule has 0 saturated carbocycles. The number of aromatic nitrogens is 3. The van der Waals surface area contributed by atoms with Crippen molar-refractivity contribution < 1.29 is 9.59 Å². The van der Waals surface area contributed by atoms with Crippen LogP contribution in [0.25, 0.3) is 5.65 Å². The molecule has 5 heterocycles. The van der Waals surface area contributed by atoms with Gasteiger partial charge in [0.25, 0.3) is 0 Å². The summed E-state index contributed by atoms with van der Waals surface area (Å²) in [5.41, 5.74) is 4.13. The second kappa shape index (κ2) is 5.28. The Morgan fingerprint density at radius 3 is 3.04 bits per heavy atom. The second-order valence-electron chi connectivity index (χ2n) is 7.39. The highest BCUT2D eigenvalue weighted by Gasteiger charge is 2.44. The van der Waals surface area contributed by atoms with E-state index in [4.69, 9.17) is 0 Å². The third-order valence-electron chi connectivity index (χ3n) is 5.81. The van der Waals surface area contributed by atoms with Gasteiger partial charge in [-0.05, 0) is 26.2 Å². The molecule has 0 radical (unpaired) electrons. The van der Waals surface area contributed by atoms with E-state index in [0.29, 0.717) is 13.0 Å². The number of carbonyl (C=O) groups is 2. The van der Waals surface area contributed by atoms with E-state index >= 15 is 0 Å². The van der Waals surface area contributed by atoms with Crippen LogP contribution in [0.5, 0.6) is 0 Å². The predicted octanol–water partition coefficient (Wildman–Crippen LogP) is 1.25. The van der Waals surface area contributed by atoms with Crippen LogP contribution in [0, 0.1) is 6.92 Å². The Bertz CT molecular complexity index is 889. The zero-order valence-corrected chi connectivity index (χ0v) is 14.3. The summed E-state index contributed by atoms with van der Waals surface area (Å²) in [4.78, 5) is 33.0. The van der Waals surface area contributed by atoms with Crippen LogP contribution in [0.4, 0.5) is 0 Å². The molecule has 2 fully saturated rings. The summed E-state index contributed by atoms with van der Waals surface area (Å²) >= 11 is 0. The first-order valence-corrected chi connectivity index (χ1v) is 9.05. The quantitative estimate of drug-likeness (QED) is 0.826. The van der Waals surface area contributed by atoms with Crippen LogP contribution in [0.1, 0.15) is 48.7 Å². The van der Waals surface area contributed by atoms with E-state index in [-0.39, 0.29) is 30.4 Å². The molecule has 0 N–H and O–H groups in total. The Morgan fingerprint density at radius 2 is 2.24 bits per heavy atom. The van der Waals surface area contributed by atoms with Gasteiger partial charge in [-0.2, -0.15) is 5.10 Å². The molecule has 0 aliphatic carbocycles. The molecule has 3 aliphatic rings. The molecule has 5 rings (SSSR count). The number of likely N-dealkylation sites (tertiary alicyclic amines) is 1. The average Bonchev–Trinajstić information content (AvgIpc) is 3.25. The van der Waals surface area contributed by atoms with Crippen molar-refractivity contribution in [1.82, 2.24) is 24.4 Å². The maximum absolute atomic E-state index is 12.9. The van der Waals surface area contributed by atoms with Gasteiger partial charge in [-0.25, -0.2) is 9.50 Å². The van der Waals surface area contributed by atoms with E-state index in [2.05, 4.69) is 10.1 Å². The molecule has 7 heteroatoms. The van der Waals surface area contributed by atoms with Crippen LogP contribution in [0.15, 0.2) is 12.3 Å². The highest BCUT2D eigenvalue weighted by Crippen LogP contribution is 2.43. The fourth-order valence-electron chi connectivity index (χ4n) is 4.70. The lowest BCUT2D eigenvalue weighted by Gasteiger charge is -2.37. The van der Waals surface area contributed by atoms with Crippen LogP contribution < -0.4 is 0 Å². The van der Waals surface area contributed by atoms with Crippen LogP contribution in [0.2, 0.25) is 0 Å². The van der Waals surface area contributed by atoms with E-state index in [0.717, 1.165) is 42.6 Å². The van der Waals surface area contributed by atoms with Crippen molar-refractivity contribution in [2.75, 3.05) is 13.1 Å². The first kappa shape index (κ1) is 14.9. The smallest absolute Gasteiger partial charge is 0.242 e. The van der Waals surface area contributed by atoms with E-state index in [9.17, 15) is 9.59 Å². The molecule has 2 aromatic heterocycles. The average molecular weight is 339 g/mol. The standard InChI is InChI=1S/C18H21N5O2/c1-11-7-16-19-9-13-14-5-4-12(8-15(13)23(16)20-11)22(14)18(25)10-21-6-2-3-17(21)24/h7,9,12,14H,2-6,8,10H2,1H3. The number of amides is 2. The Labute approximate surface area is 145 Å². The summed E-state index contributed by atoms with van der Waals surface area (Å²) < 4.78 is 1.95.